The maximum Gasteiger partial charge on any atom is 0.315 e. The highest BCUT2D eigenvalue weighted by Crippen LogP contribution is 2.17. The summed E-state index contributed by atoms with van der Waals surface area (Å²) in [7, 11) is 2.05. The Bertz CT molecular complexity index is 477. The summed E-state index contributed by atoms with van der Waals surface area (Å²) in [6, 6.07) is -0.692. The fourth-order valence-corrected chi connectivity index (χ4v) is 2.93. The molecule has 142 valence electrons. The summed E-state index contributed by atoms with van der Waals surface area (Å²) in [5.74, 6) is 0.0616. The molecule has 8 nitrogen and oxygen atoms in total. The van der Waals surface area contributed by atoms with E-state index in [1.165, 1.54) is 0 Å². The summed E-state index contributed by atoms with van der Waals surface area (Å²) in [5.41, 5.74) is 0. The first-order valence-corrected chi connectivity index (χ1v) is 8.98. The zero-order valence-electron chi connectivity index (χ0n) is 15.1. The summed E-state index contributed by atoms with van der Waals surface area (Å²) in [6.07, 6.45) is 3.78. The lowest BCUT2D eigenvalue weighted by Gasteiger charge is -2.35. The van der Waals surface area contributed by atoms with Gasteiger partial charge in [0.15, 0.2) is 0 Å². The molecule has 25 heavy (non-hydrogen) atoms. The van der Waals surface area contributed by atoms with E-state index in [1.807, 2.05) is 18.9 Å². The molecule has 0 bridgehead atoms. The van der Waals surface area contributed by atoms with E-state index in [-0.39, 0.29) is 31.1 Å². The summed E-state index contributed by atoms with van der Waals surface area (Å²) in [5, 5.41) is 15.1. The molecular formula is C17H30N4O4. The third kappa shape index (κ3) is 5.98. The van der Waals surface area contributed by atoms with Crippen molar-refractivity contribution in [3.8, 4) is 0 Å². The van der Waals surface area contributed by atoms with Crippen molar-refractivity contribution in [1.82, 2.24) is 20.4 Å². The van der Waals surface area contributed by atoms with Crippen molar-refractivity contribution in [3.05, 3.63) is 12.2 Å². The molecule has 2 rings (SSSR count). The quantitative estimate of drug-likeness (QED) is 0.562. The van der Waals surface area contributed by atoms with E-state index in [2.05, 4.69) is 15.5 Å². The smallest absolute Gasteiger partial charge is 0.315 e. The Morgan fingerprint density at radius 2 is 1.96 bits per heavy atom. The number of aliphatic hydroxyl groups excluding tert-OH is 1. The van der Waals surface area contributed by atoms with Gasteiger partial charge in [-0.25, -0.2) is 4.79 Å². The minimum atomic E-state index is -0.553. The number of rotatable bonds is 6. The number of ether oxygens (including phenoxy) is 1. The van der Waals surface area contributed by atoms with Gasteiger partial charge >= 0.3 is 6.03 Å². The molecule has 2 aliphatic rings. The number of hydrogen-bond donors (Lipinski definition) is 3. The molecular weight excluding hydrogens is 324 g/mol. The molecule has 2 aliphatic heterocycles. The fourth-order valence-electron chi connectivity index (χ4n) is 2.93. The van der Waals surface area contributed by atoms with E-state index in [4.69, 9.17) is 4.74 Å². The van der Waals surface area contributed by atoms with Crippen LogP contribution in [0, 0.1) is 0 Å². The molecule has 2 heterocycles. The van der Waals surface area contributed by atoms with Crippen LogP contribution in [-0.4, -0.2) is 91.5 Å². The second-order valence-electron chi connectivity index (χ2n) is 6.59. The molecule has 1 fully saturated rings. The van der Waals surface area contributed by atoms with Crippen molar-refractivity contribution in [2.45, 2.75) is 38.0 Å². The number of nitrogens with one attached hydrogen (secondary N) is 2. The predicted molar refractivity (Wildman–Crippen MR) is 94.2 cm³/mol. The second kappa shape index (κ2) is 9.74. The first kappa shape index (κ1) is 19.7. The monoisotopic (exact) mass is 354 g/mol. The van der Waals surface area contributed by atoms with E-state index in [0.717, 1.165) is 32.6 Å². The highest BCUT2D eigenvalue weighted by molar-refractivity contribution is 5.77. The lowest BCUT2D eigenvalue weighted by Crippen LogP contribution is -2.52. The van der Waals surface area contributed by atoms with Crippen LogP contribution in [0.2, 0.25) is 0 Å². The molecule has 0 spiro atoms. The van der Waals surface area contributed by atoms with Gasteiger partial charge in [-0.2, -0.15) is 0 Å². The zero-order valence-corrected chi connectivity index (χ0v) is 15.1. The van der Waals surface area contributed by atoms with Gasteiger partial charge < -0.3 is 30.3 Å². The van der Waals surface area contributed by atoms with Gasteiger partial charge in [-0.1, -0.05) is 19.1 Å². The van der Waals surface area contributed by atoms with Gasteiger partial charge in [-0.05, 0) is 13.5 Å². The number of aliphatic hydroxyl groups is 1. The van der Waals surface area contributed by atoms with Crippen molar-refractivity contribution < 1.29 is 19.4 Å². The minimum Gasteiger partial charge on any atom is -0.394 e. The van der Waals surface area contributed by atoms with Gasteiger partial charge in [0.05, 0.1) is 25.2 Å². The van der Waals surface area contributed by atoms with Gasteiger partial charge in [0, 0.05) is 32.7 Å². The third-order valence-electron chi connectivity index (χ3n) is 4.53. The molecule has 0 aromatic heterocycles. The largest absolute Gasteiger partial charge is 0.394 e. The number of amides is 3. The average Bonchev–Trinajstić information content (AvgIpc) is 2.61. The van der Waals surface area contributed by atoms with Crippen molar-refractivity contribution in [3.63, 3.8) is 0 Å². The molecule has 0 aromatic carbocycles. The van der Waals surface area contributed by atoms with Crippen LogP contribution < -0.4 is 10.6 Å². The van der Waals surface area contributed by atoms with Gasteiger partial charge in [-0.3, -0.25) is 4.79 Å². The van der Waals surface area contributed by atoms with E-state index in [1.54, 1.807) is 12.2 Å². The highest BCUT2D eigenvalue weighted by Gasteiger charge is 2.30. The predicted octanol–water partition coefficient (Wildman–Crippen LogP) is -0.456. The Kier molecular flexibility index (Phi) is 7.67. The Morgan fingerprint density at radius 3 is 2.60 bits per heavy atom. The van der Waals surface area contributed by atoms with E-state index < -0.39 is 12.1 Å². The maximum atomic E-state index is 12.4. The van der Waals surface area contributed by atoms with Gasteiger partial charge in [0.2, 0.25) is 5.91 Å². The SMILES string of the molecule is CCCNC(=O)N[C@@H]1C=C[C@@H](CC(=O)N2CCN(C)CC2)O[C@H]1CO. The normalized spacial score (nSPS) is 27.2. The number of urea groups is 1. The molecule has 0 radical (unpaired) electrons. The maximum absolute atomic E-state index is 12.4. The number of carbonyl (C=O) groups is 2. The zero-order chi connectivity index (χ0) is 18.2. The molecule has 0 unspecified atom stereocenters. The molecule has 0 aliphatic carbocycles. The van der Waals surface area contributed by atoms with Crippen molar-refractivity contribution in [2.24, 2.45) is 0 Å². The van der Waals surface area contributed by atoms with Crippen molar-refractivity contribution in [1.29, 1.82) is 0 Å². The van der Waals surface area contributed by atoms with Crippen LogP contribution >= 0.6 is 0 Å². The summed E-state index contributed by atoms with van der Waals surface area (Å²) in [4.78, 5) is 28.2. The first-order valence-electron chi connectivity index (χ1n) is 8.98. The third-order valence-corrected chi connectivity index (χ3v) is 4.53. The minimum absolute atomic E-state index is 0.0616. The van der Waals surface area contributed by atoms with Crippen LogP contribution in [0.1, 0.15) is 19.8 Å². The highest BCUT2D eigenvalue weighted by atomic mass is 16.5. The number of carbonyl (C=O) groups excluding carboxylic acids is 2. The molecule has 3 N–H and O–H groups in total. The number of piperazine rings is 1. The molecule has 3 atom stereocenters. The van der Waals surface area contributed by atoms with Crippen LogP contribution in [0.3, 0.4) is 0 Å². The molecule has 8 heteroatoms. The lowest BCUT2D eigenvalue weighted by atomic mass is 10.0. The standard InChI is InChI=1S/C17H30N4O4/c1-3-6-18-17(24)19-14-5-4-13(25-15(14)12-22)11-16(23)21-9-7-20(2)8-10-21/h4-5,13-15,22H,3,6-12H2,1-2H3,(H2,18,19,24)/t13-,14+,15-/m0/s1. The first-order chi connectivity index (χ1) is 12.0. The summed E-state index contributed by atoms with van der Waals surface area (Å²) in [6.45, 7) is 5.57. The van der Waals surface area contributed by atoms with Gasteiger partial charge in [0.25, 0.3) is 0 Å². The van der Waals surface area contributed by atoms with Crippen LogP contribution in [-0.2, 0) is 9.53 Å². The van der Waals surface area contributed by atoms with Gasteiger partial charge in [0.1, 0.15) is 6.10 Å². The Labute approximate surface area is 149 Å². The van der Waals surface area contributed by atoms with Crippen LogP contribution in [0.4, 0.5) is 4.79 Å². The van der Waals surface area contributed by atoms with Crippen molar-refractivity contribution >= 4 is 11.9 Å². The average molecular weight is 354 g/mol. The van der Waals surface area contributed by atoms with Crippen molar-refractivity contribution in [2.75, 3.05) is 46.4 Å². The van der Waals surface area contributed by atoms with Crippen LogP contribution in [0.5, 0.6) is 0 Å². The molecule has 0 aromatic rings. The number of hydrogen-bond acceptors (Lipinski definition) is 5. The Hall–Kier alpha value is -1.64. The lowest BCUT2D eigenvalue weighted by molar-refractivity contribution is -0.137. The Balaban J connectivity index is 1.84. The summed E-state index contributed by atoms with van der Waals surface area (Å²) >= 11 is 0. The van der Waals surface area contributed by atoms with E-state index >= 15 is 0 Å². The molecule has 0 saturated carbocycles. The number of likely N-dealkylation sites (N-methyl/N-ethyl adjacent to an activating group) is 1. The molecule has 1 saturated heterocycles. The van der Waals surface area contributed by atoms with Gasteiger partial charge in [-0.15, -0.1) is 0 Å². The van der Waals surface area contributed by atoms with Crippen LogP contribution in [0.25, 0.3) is 0 Å². The topological polar surface area (TPSA) is 94.1 Å². The van der Waals surface area contributed by atoms with E-state index in [9.17, 15) is 14.7 Å². The molecule has 3 amide bonds. The fraction of sp³-hybridized carbons (Fsp3) is 0.765. The number of nitrogens with zero attached hydrogens (tertiary/aromatic N) is 2. The second-order valence-corrected chi connectivity index (χ2v) is 6.59. The Morgan fingerprint density at radius 1 is 1.24 bits per heavy atom. The van der Waals surface area contributed by atoms with E-state index in [0.29, 0.717) is 6.54 Å². The van der Waals surface area contributed by atoms with Crippen LogP contribution in [0.15, 0.2) is 12.2 Å². The summed E-state index contributed by atoms with van der Waals surface area (Å²) < 4.78 is 5.80.